The molecule has 0 radical (unpaired) electrons. The monoisotopic (exact) mass is 629 g/mol. The molecule has 7 rings (SSSR count). The Labute approximate surface area is 264 Å². The molecule has 10 nitrogen and oxygen atoms in total. The van der Waals surface area contributed by atoms with Crippen LogP contribution in [0.2, 0.25) is 0 Å². The fraction of sp³-hybridized carbons (Fsp3) is 0.364. The van der Waals surface area contributed by atoms with E-state index in [0.717, 1.165) is 55.0 Å². The van der Waals surface area contributed by atoms with Gasteiger partial charge in [-0.05, 0) is 60.8 Å². The Morgan fingerprint density at radius 3 is 2.46 bits per heavy atom. The van der Waals surface area contributed by atoms with Gasteiger partial charge in [-0.25, -0.2) is 9.97 Å². The predicted octanol–water partition coefficient (Wildman–Crippen LogP) is 4.81. The normalized spacial score (nSPS) is 16.0. The number of piperazine rings is 1. The summed E-state index contributed by atoms with van der Waals surface area (Å²) in [6, 6.07) is 7.40. The topological polar surface area (TPSA) is 88.2 Å². The molecule has 2 aliphatic rings. The standard InChI is InChI=1S/C33H34F3N9O/c1-4-22-17-26-28(5-7-38-29(26)31(39-22)44-13-11-41(2)12-14-44)45-9-6-23-24(27-19-42(3)40-30(27)33(34,35)36)15-21(16-25(23)32(45)46)18-43-10-8-37-20-43/h5,7-8,10,15-17,19-20H,4,6,9,11-14,18H2,1-3H3. The van der Waals surface area contributed by atoms with E-state index in [1.165, 1.54) is 17.9 Å². The zero-order chi connectivity index (χ0) is 32.2. The van der Waals surface area contributed by atoms with Crippen LogP contribution in [0.4, 0.5) is 24.7 Å². The van der Waals surface area contributed by atoms with Crippen molar-refractivity contribution >= 4 is 28.3 Å². The van der Waals surface area contributed by atoms with Gasteiger partial charge in [0.15, 0.2) is 11.5 Å². The fourth-order valence-electron chi connectivity index (χ4n) is 6.54. The molecule has 0 N–H and O–H groups in total. The SMILES string of the molecule is CCc1cc2c(N3CCc4c(cc(Cn5ccnc5)cc4-c4cn(C)nc4C(F)(F)F)C3=O)ccnc2c(N2CCN(C)CC2)n1. The number of aryl methyl sites for hydroxylation is 2. The van der Waals surface area contributed by atoms with Crippen LogP contribution in [-0.4, -0.2) is 79.9 Å². The number of benzene rings is 1. The molecular formula is C33H34F3N9O. The maximum absolute atomic E-state index is 14.5. The van der Waals surface area contributed by atoms with Gasteiger partial charge in [-0.3, -0.25) is 14.5 Å². The molecule has 0 unspecified atom stereocenters. The summed E-state index contributed by atoms with van der Waals surface area (Å²) >= 11 is 0. The number of rotatable bonds is 6. The van der Waals surface area contributed by atoms with Crippen molar-refractivity contribution in [2.75, 3.05) is 49.6 Å². The van der Waals surface area contributed by atoms with Crippen LogP contribution in [0.5, 0.6) is 0 Å². The molecule has 4 aromatic heterocycles. The Kier molecular flexibility index (Phi) is 7.50. The highest BCUT2D eigenvalue weighted by Crippen LogP contribution is 2.41. The minimum atomic E-state index is -4.66. The molecule has 238 valence electrons. The quantitative estimate of drug-likeness (QED) is 0.267. The third-order valence-corrected chi connectivity index (χ3v) is 8.88. The zero-order valence-corrected chi connectivity index (χ0v) is 25.9. The lowest BCUT2D eigenvalue weighted by atomic mass is 9.88. The van der Waals surface area contributed by atoms with E-state index in [2.05, 4.69) is 33.9 Å². The van der Waals surface area contributed by atoms with Gasteiger partial charge in [0.05, 0.1) is 12.0 Å². The Morgan fingerprint density at radius 2 is 1.74 bits per heavy atom. The highest BCUT2D eigenvalue weighted by molar-refractivity contribution is 6.13. The van der Waals surface area contributed by atoms with E-state index in [-0.39, 0.29) is 11.5 Å². The summed E-state index contributed by atoms with van der Waals surface area (Å²) in [5, 5.41) is 4.59. The molecule has 5 aromatic rings. The fourth-order valence-corrected chi connectivity index (χ4v) is 6.54. The molecule has 0 saturated carbocycles. The molecule has 1 amide bonds. The summed E-state index contributed by atoms with van der Waals surface area (Å²) in [7, 11) is 3.57. The number of halogens is 3. The number of imidazole rings is 1. The summed E-state index contributed by atoms with van der Waals surface area (Å²) in [6.45, 7) is 6.17. The zero-order valence-electron chi connectivity index (χ0n) is 25.9. The minimum Gasteiger partial charge on any atom is -0.352 e. The molecule has 46 heavy (non-hydrogen) atoms. The van der Waals surface area contributed by atoms with Gasteiger partial charge in [0, 0.05) is 93.3 Å². The second kappa shape index (κ2) is 11.5. The summed E-state index contributed by atoms with van der Waals surface area (Å²) in [6.07, 6.45) is 4.57. The van der Waals surface area contributed by atoms with E-state index in [9.17, 15) is 18.0 Å². The highest BCUT2D eigenvalue weighted by Gasteiger charge is 2.39. The average Bonchev–Trinajstić information content (AvgIpc) is 3.70. The van der Waals surface area contributed by atoms with Crippen molar-refractivity contribution in [3.05, 3.63) is 83.5 Å². The van der Waals surface area contributed by atoms with E-state index in [1.54, 1.807) is 42.0 Å². The second-order valence-corrected chi connectivity index (χ2v) is 12.0. The van der Waals surface area contributed by atoms with Gasteiger partial charge in [0.1, 0.15) is 5.52 Å². The van der Waals surface area contributed by atoms with Gasteiger partial charge in [-0.1, -0.05) is 6.92 Å². The smallest absolute Gasteiger partial charge is 0.352 e. The second-order valence-electron chi connectivity index (χ2n) is 12.0. The lowest BCUT2D eigenvalue weighted by molar-refractivity contribution is -0.140. The molecule has 0 bridgehead atoms. The number of fused-ring (bicyclic) bond motifs is 2. The lowest BCUT2D eigenvalue weighted by Crippen LogP contribution is -2.45. The van der Waals surface area contributed by atoms with Gasteiger partial charge in [0.25, 0.3) is 5.91 Å². The predicted molar refractivity (Wildman–Crippen MR) is 169 cm³/mol. The number of pyridine rings is 2. The Bertz CT molecular complexity index is 1930. The van der Waals surface area contributed by atoms with Crippen molar-refractivity contribution < 1.29 is 18.0 Å². The molecule has 1 saturated heterocycles. The van der Waals surface area contributed by atoms with Crippen LogP contribution >= 0.6 is 0 Å². The first-order chi connectivity index (χ1) is 22.1. The first-order valence-corrected chi connectivity index (χ1v) is 15.4. The third-order valence-electron chi connectivity index (χ3n) is 8.88. The van der Waals surface area contributed by atoms with Crippen molar-refractivity contribution in [3.8, 4) is 11.1 Å². The van der Waals surface area contributed by atoms with Gasteiger partial charge in [-0.15, -0.1) is 0 Å². The maximum Gasteiger partial charge on any atom is 0.435 e. The summed E-state index contributed by atoms with van der Waals surface area (Å²) in [4.78, 5) is 34.6. The number of hydrogen-bond donors (Lipinski definition) is 0. The number of carbonyl (C=O) groups is 1. The van der Waals surface area contributed by atoms with E-state index in [0.29, 0.717) is 47.5 Å². The molecule has 0 aliphatic carbocycles. The van der Waals surface area contributed by atoms with Crippen LogP contribution in [0.25, 0.3) is 22.0 Å². The largest absolute Gasteiger partial charge is 0.435 e. The number of likely N-dealkylation sites (N-methyl/N-ethyl adjacent to an activating group) is 1. The van der Waals surface area contributed by atoms with Crippen LogP contribution in [-0.2, 0) is 32.6 Å². The van der Waals surface area contributed by atoms with E-state index < -0.39 is 11.9 Å². The molecular weight excluding hydrogens is 595 g/mol. The Hall–Kier alpha value is -4.78. The molecule has 2 aliphatic heterocycles. The average molecular weight is 630 g/mol. The molecule has 6 heterocycles. The van der Waals surface area contributed by atoms with Crippen LogP contribution in [0.1, 0.15) is 39.8 Å². The van der Waals surface area contributed by atoms with Crippen molar-refractivity contribution in [2.45, 2.75) is 32.5 Å². The molecule has 1 aromatic carbocycles. The van der Waals surface area contributed by atoms with Gasteiger partial charge >= 0.3 is 6.18 Å². The van der Waals surface area contributed by atoms with Gasteiger partial charge in [-0.2, -0.15) is 18.3 Å². The van der Waals surface area contributed by atoms with E-state index in [4.69, 9.17) is 9.97 Å². The first kappa shape index (κ1) is 29.9. The molecule has 1 fully saturated rings. The van der Waals surface area contributed by atoms with E-state index in [1.807, 2.05) is 16.7 Å². The third kappa shape index (κ3) is 5.38. The van der Waals surface area contributed by atoms with Crippen LogP contribution in [0.3, 0.4) is 0 Å². The van der Waals surface area contributed by atoms with E-state index >= 15 is 0 Å². The van der Waals surface area contributed by atoms with Crippen molar-refractivity contribution in [3.63, 3.8) is 0 Å². The lowest BCUT2D eigenvalue weighted by Gasteiger charge is -2.34. The molecule has 0 spiro atoms. The molecule has 0 atom stereocenters. The van der Waals surface area contributed by atoms with Gasteiger partial charge in [0.2, 0.25) is 0 Å². The number of amides is 1. The number of aromatic nitrogens is 6. The van der Waals surface area contributed by atoms with Crippen molar-refractivity contribution in [2.24, 2.45) is 7.05 Å². The first-order valence-electron chi connectivity index (χ1n) is 15.4. The number of carbonyl (C=O) groups excluding carboxylic acids is 1. The van der Waals surface area contributed by atoms with Crippen molar-refractivity contribution in [1.29, 1.82) is 0 Å². The summed E-state index contributed by atoms with van der Waals surface area (Å²) < 4.78 is 45.5. The number of nitrogens with zero attached hydrogens (tertiary/aromatic N) is 9. The van der Waals surface area contributed by atoms with Crippen LogP contribution < -0.4 is 9.80 Å². The van der Waals surface area contributed by atoms with Crippen molar-refractivity contribution in [1.82, 2.24) is 34.2 Å². The molecule has 13 heteroatoms. The summed E-state index contributed by atoms with van der Waals surface area (Å²) in [5.41, 5.74) is 3.37. The minimum absolute atomic E-state index is 0.0372. The number of anilines is 2. The van der Waals surface area contributed by atoms with Gasteiger partial charge < -0.3 is 19.3 Å². The van der Waals surface area contributed by atoms with Crippen LogP contribution in [0.15, 0.2) is 55.4 Å². The maximum atomic E-state index is 14.5. The highest BCUT2D eigenvalue weighted by atomic mass is 19.4. The number of alkyl halides is 3. The van der Waals surface area contributed by atoms with Crippen LogP contribution in [0, 0.1) is 0 Å². The number of hydrogen-bond acceptors (Lipinski definition) is 7. The Balaban J connectivity index is 1.36. The Morgan fingerprint density at radius 1 is 0.957 bits per heavy atom. The summed E-state index contributed by atoms with van der Waals surface area (Å²) in [5.74, 6) is 0.547.